The van der Waals surface area contributed by atoms with Crippen LogP contribution >= 0.6 is 0 Å². The third-order valence-electron chi connectivity index (χ3n) is 14.6. The number of rotatable bonds is 5. The first-order valence-corrected chi connectivity index (χ1v) is 24.2. The molecule has 0 bridgehead atoms. The number of aromatic nitrogens is 2. The monoisotopic (exact) mass is 880 g/mol. The standard InChI is InChI=1S/C63H57BN4/c1-61(2,3)42-26-30-46(31-27-42)66(47-32-28-43(29-33-47)62(4,5)6)57-35-34-52-60(65-57)67(45-20-11-10-12-21-45)55-38-44(63(7,8)9)39-56-58(55)64(52)53-37-41(49-24-17-19-40-18-13-14-22-48(40)49)36-51-50-23-15-16-25-54(50)68(56)59(51)53/h10-39H,1-9H3. The van der Waals surface area contributed by atoms with Crippen LogP contribution in [0.1, 0.15) is 79.0 Å². The summed E-state index contributed by atoms with van der Waals surface area (Å²) in [4.78, 5) is 10.7. The summed E-state index contributed by atoms with van der Waals surface area (Å²) in [6.07, 6.45) is 0. The lowest BCUT2D eigenvalue weighted by Gasteiger charge is -2.41. The number of fused-ring (bicyclic) bond motifs is 8. The van der Waals surface area contributed by atoms with Gasteiger partial charge in [-0.25, -0.2) is 4.98 Å². The van der Waals surface area contributed by atoms with Gasteiger partial charge in [0.2, 0.25) is 0 Å². The molecule has 0 aliphatic carbocycles. The van der Waals surface area contributed by atoms with E-state index in [1.807, 2.05) is 0 Å². The van der Waals surface area contributed by atoms with Crippen molar-refractivity contribution in [1.29, 1.82) is 0 Å². The number of pyridine rings is 1. The first kappa shape index (κ1) is 42.0. The molecule has 12 rings (SSSR count). The van der Waals surface area contributed by atoms with Crippen LogP contribution in [0.3, 0.4) is 0 Å². The summed E-state index contributed by atoms with van der Waals surface area (Å²) in [5.41, 5.74) is 18.2. The van der Waals surface area contributed by atoms with E-state index in [0.717, 1.165) is 28.7 Å². The SMILES string of the molecule is CC(C)(C)c1ccc(N(c2ccc(C(C)(C)C)cc2)c2ccc3c(n2)N(c2ccccc2)c2cc(C(C)(C)C)cc4c2B3c2cc(-c3cccc5ccccc35)cc3c5ccccc5n-4c23)cc1. The minimum Gasteiger partial charge on any atom is -0.310 e. The number of benzene rings is 8. The van der Waals surface area contributed by atoms with Crippen LogP contribution in [0.4, 0.5) is 34.4 Å². The van der Waals surface area contributed by atoms with Crippen LogP contribution in [0.2, 0.25) is 0 Å². The van der Waals surface area contributed by atoms with Gasteiger partial charge in [0.05, 0.1) is 5.52 Å². The van der Waals surface area contributed by atoms with Gasteiger partial charge >= 0.3 is 0 Å². The molecule has 10 aromatic rings. The maximum absolute atomic E-state index is 5.94. The maximum atomic E-state index is 5.94. The molecule has 332 valence electrons. The van der Waals surface area contributed by atoms with Gasteiger partial charge in [0.25, 0.3) is 6.71 Å². The first-order valence-electron chi connectivity index (χ1n) is 24.2. The number of para-hydroxylation sites is 2. The summed E-state index contributed by atoms with van der Waals surface area (Å²) >= 11 is 0. The second-order valence-corrected chi connectivity index (χ2v) is 22.1. The van der Waals surface area contributed by atoms with Gasteiger partial charge in [-0.05, 0) is 138 Å². The van der Waals surface area contributed by atoms with E-state index in [9.17, 15) is 0 Å². The van der Waals surface area contributed by atoms with Crippen molar-refractivity contribution in [3.8, 4) is 16.8 Å². The number of anilines is 6. The minimum atomic E-state index is -0.130. The van der Waals surface area contributed by atoms with Gasteiger partial charge in [0.1, 0.15) is 11.6 Å². The Labute approximate surface area is 401 Å². The number of nitrogens with zero attached hydrogens (tertiary/aromatic N) is 4. The molecule has 5 heteroatoms. The quantitative estimate of drug-likeness (QED) is 0.161. The Balaban J connectivity index is 1.17. The van der Waals surface area contributed by atoms with Crippen LogP contribution < -0.4 is 26.2 Å². The molecule has 0 saturated carbocycles. The Kier molecular flexibility index (Phi) is 9.31. The van der Waals surface area contributed by atoms with E-state index in [0.29, 0.717) is 0 Å². The Bertz CT molecular complexity index is 3560. The topological polar surface area (TPSA) is 24.3 Å². The third kappa shape index (κ3) is 6.61. The van der Waals surface area contributed by atoms with Crippen LogP contribution in [0.25, 0.3) is 49.4 Å². The van der Waals surface area contributed by atoms with Crippen molar-refractivity contribution in [2.24, 2.45) is 0 Å². The molecule has 2 aliphatic heterocycles. The average Bonchev–Trinajstić information content (AvgIpc) is 3.67. The first-order chi connectivity index (χ1) is 32.6. The third-order valence-corrected chi connectivity index (χ3v) is 14.6. The molecule has 2 aliphatic rings. The molecule has 68 heavy (non-hydrogen) atoms. The molecule has 8 aromatic carbocycles. The van der Waals surface area contributed by atoms with Crippen molar-refractivity contribution in [3.63, 3.8) is 0 Å². The van der Waals surface area contributed by atoms with Gasteiger partial charge in [-0.2, -0.15) is 0 Å². The molecule has 0 fully saturated rings. The summed E-state index contributed by atoms with van der Waals surface area (Å²) < 4.78 is 2.58. The van der Waals surface area contributed by atoms with E-state index in [1.54, 1.807) is 0 Å². The molecule has 0 unspecified atom stereocenters. The van der Waals surface area contributed by atoms with E-state index in [4.69, 9.17) is 4.98 Å². The molecular weight excluding hydrogens is 824 g/mol. The second-order valence-electron chi connectivity index (χ2n) is 22.1. The van der Waals surface area contributed by atoms with Crippen molar-refractivity contribution < 1.29 is 0 Å². The fourth-order valence-electron chi connectivity index (χ4n) is 11.0. The zero-order chi connectivity index (χ0) is 46.9. The van der Waals surface area contributed by atoms with Gasteiger partial charge in [0.15, 0.2) is 0 Å². The van der Waals surface area contributed by atoms with Crippen molar-refractivity contribution in [2.45, 2.75) is 78.6 Å². The normalized spacial score (nSPS) is 13.3. The van der Waals surface area contributed by atoms with Crippen LogP contribution in [0.5, 0.6) is 0 Å². The predicted octanol–water partition coefficient (Wildman–Crippen LogP) is 15.0. The smallest absolute Gasteiger partial charge is 0.254 e. The molecule has 2 aromatic heterocycles. The van der Waals surface area contributed by atoms with Gasteiger partial charge in [-0.3, -0.25) is 9.80 Å². The molecule has 4 nitrogen and oxygen atoms in total. The van der Waals surface area contributed by atoms with Gasteiger partial charge in [-0.1, -0.05) is 178 Å². The number of hydrogen-bond donors (Lipinski definition) is 0. The zero-order valence-electron chi connectivity index (χ0n) is 40.7. The van der Waals surface area contributed by atoms with Gasteiger partial charge in [0, 0.05) is 44.7 Å². The van der Waals surface area contributed by atoms with Crippen LogP contribution in [0.15, 0.2) is 182 Å². The van der Waals surface area contributed by atoms with E-state index in [2.05, 4.69) is 259 Å². The largest absolute Gasteiger partial charge is 0.310 e. The highest BCUT2D eigenvalue weighted by atomic mass is 15.3. The van der Waals surface area contributed by atoms with Crippen molar-refractivity contribution in [1.82, 2.24) is 9.55 Å². The summed E-state index contributed by atoms with van der Waals surface area (Å²) in [6, 6.07) is 68.2. The van der Waals surface area contributed by atoms with Crippen molar-refractivity contribution in [3.05, 3.63) is 199 Å². The summed E-state index contributed by atoms with van der Waals surface area (Å²) in [5.74, 6) is 1.81. The Hall–Kier alpha value is -7.37. The second kappa shape index (κ2) is 15.1. The molecular formula is C63H57BN4. The molecule has 0 saturated heterocycles. The van der Waals surface area contributed by atoms with Crippen LogP contribution in [-0.4, -0.2) is 16.3 Å². The van der Waals surface area contributed by atoms with Crippen LogP contribution in [0, 0.1) is 0 Å². The summed E-state index contributed by atoms with van der Waals surface area (Å²) in [7, 11) is 0. The Morgan fingerprint density at radius 1 is 0.471 bits per heavy atom. The highest BCUT2D eigenvalue weighted by Crippen LogP contribution is 2.46. The average molecular weight is 881 g/mol. The predicted molar refractivity (Wildman–Crippen MR) is 292 cm³/mol. The molecule has 0 N–H and O–H groups in total. The lowest BCUT2D eigenvalue weighted by atomic mass is 9.34. The Morgan fingerprint density at radius 3 is 1.72 bits per heavy atom. The maximum Gasteiger partial charge on any atom is 0.254 e. The summed E-state index contributed by atoms with van der Waals surface area (Å²) in [5, 5.41) is 5.04. The van der Waals surface area contributed by atoms with Crippen LogP contribution in [-0.2, 0) is 16.2 Å². The van der Waals surface area contributed by atoms with E-state index < -0.39 is 0 Å². The number of hydrogen-bond acceptors (Lipinski definition) is 3. The van der Waals surface area contributed by atoms with E-state index >= 15 is 0 Å². The van der Waals surface area contributed by atoms with E-state index in [1.165, 1.54) is 88.2 Å². The molecule has 0 atom stereocenters. The fraction of sp³-hybridized carbons (Fsp3) is 0.190. The van der Waals surface area contributed by atoms with Gasteiger partial charge < -0.3 is 4.57 Å². The van der Waals surface area contributed by atoms with Crippen molar-refractivity contribution >= 4 is 90.1 Å². The Morgan fingerprint density at radius 2 is 1.06 bits per heavy atom. The zero-order valence-corrected chi connectivity index (χ0v) is 40.7. The van der Waals surface area contributed by atoms with E-state index in [-0.39, 0.29) is 23.0 Å². The van der Waals surface area contributed by atoms with Gasteiger partial charge in [-0.15, -0.1) is 0 Å². The highest BCUT2D eigenvalue weighted by molar-refractivity contribution is 7.00. The molecule has 0 amide bonds. The summed E-state index contributed by atoms with van der Waals surface area (Å²) in [6.45, 7) is 20.6. The fourth-order valence-corrected chi connectivity index (χ4v) is 11.0. The minimum absolute atomic E-state index is 0.0260. The highest BCUT2D eigenvalue weighted by Gasteiger charge is 2.44. The molecule has 0 radical (unpaired) electrons. The molecule has 0 spiro atoms. The lowest BCUT2D eigenvalue weighted by Crippen LogP contribution is -2.61. The molecule has 4 heterocycles. The lowest BCUT2D eigenvalue weighted by molar-refractivity contribution is 0.590. The van der Waals surface area contributed by atoms with Crippen molar-refractivity contribution in [2.75, 3.05) is 9.80 Å².